The lowest BCUT2D eigenvalue weighted by atomic mass is 9.95. The van der Waals surface area contributed by atoms with E-state index in [1.165, 1.54) is 0 Å². The Labute approximate surface area is 115 Å². The molecule has 2 atom stereocenters. The molecule has 0 bridgehead atoms. The van der Waals surface area contributed by atoms with Crippen molar-refractivity contribution < 1.29 is 13.2 Å². The maximum atomic E-state index is 11.0. The van der Waals surface area contributed by atoms with Crippen molar-refractivity contribution in [2.45, 2.75) is 19.4 Å². The van der Waals surface area contributed by atoms with Gasteiger partial charge in [-0.25, -0.2) is 13.6 Å². The summed E-state index contributed by atoms with van der Waals surface area (Å²) in [7, 11) is -1.83. The maximum Gasteiger partial charge on any atom is 0.209 e. The zero-order chi connectivity index (χ0) is 14.5. The average molecular weight is 283 g/mol. The molecule has 0 amide bonds. The summed E-state index contributed by atoms with van der Waals surface area (Å²) in [4.78, 5) is 0. The van der Waals surface area contributed by atoms with Crippen molar-refractivity contribution in [1.29, 1.82) is 0 Å². The Morgan fingerprint density at radius 1 is 1.37 bits per heavy atom. The molecule has 0 radical (unpaired) electrons. The first-order chi connectivity index (χ1) is 8.83. The number of benzene rings is 1. The molecule has 1 rings (SSSR count). The van der Waals surface area contributed by atoms with E-state index >= 15 is 0 Å². The number of hydrogen-bond acceptors (Lipinski definition) is 3. The van der Waals surface area contributed by atoms with Crippen molar-refractivity contribution >= 4 is 10.0 Å². The molecule has 0 aliphatic rings. The summed E-state index contributed by atoms with van der Waals surface area (Å²) in [5.74, 6) is -0.124. The molecule has 0 saturated carbocycles. The van der Waals surface area contributed by atoms with Crippen LogP contribution < -0.4 is 5.14 Å². The SMILES string of the molecule is C=C(CC(C)CS(N)(=O)=O)C(OC)c1ccccc1. The van der Waals surface area contributed by atoms with Crippen LogP contribution in [0.5, 0.6) is 0 Å². The first-order valence-electron chi connectivity index (χ1n) is 6.09. The fourth-order valence-electron chi connectivity index (χ4n) is 2.18. The zero-order valence-electron chi connectivity index (χ0n) is 11.4. The van der Waals surface area contributed by atoms with Crippen LogP contribution in [0.1, 0.15) is 25.0 Å². The fourth-order valence-corrected chi connectivity index (χ4v) is 3.09. The summed E-state index contributed by atoms with van der Waals surface area (Å²) < 4.78 is 27.5. The van der Waals surface area contributed by atoms with Crippen LogP contribution in [-0.4, -0.2) is 21.3 Å². The van der Waals surface area contributed by atoms with Crippen LogP contribution in [0.15, 0.2) is 42.5 Å². The summed E-state index contributed by atoms with van der Waals surface area (Å²) in [5.41, 5.74) is 1.86. The Morgan fingerprint density at radius 3 is 2.42 bits per heavy atom. The predicted molar refractivity (Wildman–Crippen MR) is 77.1 cm³/mol. The Balaban J connectivity index is 2.70. The second kappa shape index (κ2) is 6.84. The minimum atomic E-state index is -3.45. The minimum Gasteiger partial charge on any atom is -0.372 e. The van der Waals surface area contributed by atoms with Gasteiger partial charge in [-0.05, 0) is 23.5 Å². The molecule has 0 aliphatic heterocycles. The summed E-state index contributed by atoms with van der Waals surface area (Å²) in [5, 5.41) is 5.04. The van der Waals surface area contributed by atoms with Gasteiger partial charge in [0.1, 0.15) is 6.10 Å². The van der Waals surface area contributed by atoms with E-state index in [4.69, 9.17) is 9.88 Å². The van der Waals surface area contributed by atoms with Gasteiger partial charge in [-0.2, -0.15) is 0 Å². The summed E-state index contributed by atoms with van der Waals surface area (Å²) in [6.45, 7) is 5.85. The number of sulfonamides is 1. The van der Waals surface area contributed by atoms with Gasteiger partial charge in [0.2, 0.25) is 10.0 Å². The van der Waals surface area contributed by atoms with Gasteiger partial charge in [0.05, 0.1) is 5.75 Å². The van der Waals surface area contributed by atoms with Crippen LogP contribution in [0.25, 0.3) is 0 Å². The third-order valence-corrected chi connectivity index (χ3v) is 3.87. The number of primary sulfonamides is 1. The third-order valence-electron chi connectivity index (χ3n) is 2.84. The van der Waals surface area contributed by atoms with Gasteiger partial charge >= 0.3 is 0 Å². The molecule has 0 aliphatic carbocycles. The lowest BCUT2D eigenvalue weighted by Gasteiger charge is -2.21. The molecule has 0 aromatic heterocycles. The average Bonchev–Trinajstić information content (AvgIpc) is 2.28. The van der Waals surface area contributed by atoms with Gasteiger partial charge in [-0.1, -0.05) is 43.8 Å². The number of nitrogens with two attached hydrogens (primary N) is 1. The van der Waals surface area contributed by atoms with E-state index in [1.807, 2.05) is 37.3 Å². The van der Waals surface area contributed by atoms with Crippen LogP contribution in [0.3, 0.4) is 0 Å². The van der Waals surface area contributed by atoms with Crippen molar-refractivity contribution in [3.63, 3.8) is 0 Å². The van der Waals surface area contributed by atoms with Gasteiger partial charge in [-0.3, -0.25) is 0 Å². The van der Waals surface area contributed by atoms with E-state index in [0.29, 0.717) is 6.42 Å². The Kier molecular flexibility index (Phi) is 5.72. The molecule has 106 valence electrons. The van der Waals surface area contributed by atoms with Crippen molar-refractivity contribution in [3.05, 3.63) is 48.0 Å². The zero-order valence-corrected chi connectivity index (χ0v) is 12.2. The van der Waals surface area contributed by atoms with E-state index < -0.39 is 10.0 Å². The van der Waals surface area contributed by atoms with E-state index in [0.717, 1.165) is 11.1 Å². The monoisotopic (exact) mass is 283 g/mol. The molecule has 1 aromatic carbocycles. The molecule has 2 unspecified atom stereocenters. The quantitative estimate of drug-likeness (QED) is 0.780. The highest BCUT2D eigenvalue weighted by atomic mass is 32.2. The van der Waals surface area contributed by atoms with Crippen LogP contribution in [0, 0.1) is 5.92 Å². The number of ether oxygens (including phenoxy) is 1. The van der Waals surface area contributed by atoms with Gasteiger partial charge in [-0.15, -0.1) is 0 Å². The highest BCUT2D eigenvalue weighted by molar-refractivity contribution is 7.89. The Morgan fingerprint density at radius 2 is 1.95 bits per heavy atom. The molecule has 0 fully saturated rings. The number of rotatable bonds is 7. The van der Waals surface area contributed by atoms with E-state index in [-0.39, 0.29) is 17.8 Å². The summed E-state index contributed by atoms with van der Waals surface area (Å²) >= 11 is 0. The second-order valence-electron chi connectivity index (χ2n) is 4.82. The lowest BCUT2D eigenvalue weighted by Crippen LogP contribution is -2.22. The molecular formula is C14H21NO3S. The normalized spacial score (nSPS) is 14.9. The molecule has 4 nitrogen and oxygen atoms in total. The van der Waals surface area contributed by atoms with Gasteiger partial charge in [0.15, 0.2) is 0 Å². The first-order valence-corrected chi connectivity index (χ1v) is 7.81. The van der Waals surface area contributed by atoms with Crippen LogP contribution in [0.2, 0.25) is 0 Å². The summed E-state index contributed by atoms with van der Waals surface area (Å²) in [6.07, 6.45) is 0.341. The van der Waals surface area contributed by atoms with Crippen LogP contribution in [-0.2, 0) is 14.8 Å². The number of hydrogen-bond donors (Lipinski definition) is 1. The van der Waals surface area contributed by atoms with E-state index in [2.05, 4.69) is 6.58 Å². The van der Waals surface area contributed by atoms with E-state index in [9.17, 15) is 8.42 Å². The van der Waals surface area contributed by atoms with Gasteiger partial charge in [0.25, 0.3) is 0 Å². The molecule has 5 heteroatoms. The standard InChI is InChI=1S/C14H21NO3S/c1-11(10-19(15,16)17)9-12(2)14(18-3)13-7-5-4-6-8-13/h4-8,11,14H,2,9-10H2,1,3H3,(H2,15,16,17). The highest BCUT2D eigenvalue weighted by Crippen LogP contribution is 2.28. The van der Waals surface area contributed by atoms with Crippen molar-refractivity contribution in [3.8, 4) is 0 Å². The molecule has 19 heavy (non-hydrogen) atoms. The Hall–Kier alpha value is -1.17. The lowest BCUT2D eigenvalue weighted by molar-refractivity contribution is 0.129. The second-order valence-corrected chi connectivity index (χ2v) is 6.48. The van der Waals surface area contributed by atoms with Crippen molar-refractivity contribution in [2.24, 2.45) is 11.1 Å². The molecular weight excluding hydrogens is 262 g/mol. The maximum absolute atomic E-state index is 11.0. The Bertz CT molecular complexity index is 511. The van der Waals surface area contributed by atoms with Crippen molar-refractivity contribution in [1.82, 2.24) is 0 Å². The number of methoxy groups -OCH3 is 1. The highest BCUT2D eigenvalue weighted by Gasteiger charge is 2.18. The fraction of sp³-hybridized carbons (Fsp3) is 0.429. The minimum absolute atomic E-state index is 0.0444. The van der Waals surface area contributed by atoms with E-state index in [1.54, 1.807) is 7.11 Å². The largest absolute Gasteiger partial charge is 0.372 e. The molecule has 0 spiro atoms. The van der Waals surface area contributed by atoms with Gasteiger partial charge in [0, 0.05) is 7.11 Å². The molecule has 0 saturated heterocycles. The first kappa shape index (κ1) is 15.9. The van der Waals surface area contributed by atoms with Gasteiger partial charge < -0.3 is 4.74 Å². The molecule has 1 aromatic rings. The van der Waals surface area contributed by atoms with Crippen LogP contribution >= 0.6 is 0 Å². The predicted octanol–water partition coefficient (Wildman–Crippen LogP) is 2.25. The topological polar surface area (TPSA) is 69.4 Å². The third kappa shape index (κ3) is 5.55. The smallest absolute Gasteiger partial charge is 0.209 e. The van der Waals surface area contributed by atoms with Crippen LogP contribution in [0.4, 0.5) is 0 Å². The molecule has 2 N–H and O–H groups in total. The molecule has 0 heterocycles. The van der Waals surface area contributed by atoms with Crippen molar-refractivity contribution in [2.75, 3.05) is 12.9 Å². The summed E-state index contributed by atoms with van der Waals surface area (Å²) in [6, 6.07) is 9.72.